The molecule has 0 saturated heterocycles. The first-order chi connectivity index (χ1) is 16.7. The zero-order valence-electron chi connectivity index (χ0n) is 18.9. The molecule has 2 saturated carbocycles. The number of hydrogen-bond donors (Lipinski definition) is 3. The molecular weight excluding hydrogens is 471 g/mol. The lowest BCUT2D eigenvalue weighted by molar-refractivity contribution is -0.121. The second kappa shape index (κ2) is 8.53. The minimum Gasteiger partial charge on any atom is -0.463 e. The SMILES string of the molecule is C#CCOc1cnc(C(=O)Nc2ccc(F)c([C@@]3(C)N=C(N)S[C@@]4(C(=O)NC5CC5)C[C@H]43)c2)cn1. The van der Waals surface area contributed by atoms with Gasteiger partial charge < -0.3 is 21.1 Å². The van der Waals surface area contributed by atoms with Crippen molar-refractivity contribution in [3.05, 3.63) is 47.7 Å². The summed E-state index contributed by atoms with van der Waals surface area (Å²) in [7, 11) is 0. The van der Waals surface area contributed by atoms with Gasteiger partial charge in [-0.3, -0.25) is 14.6 Å². The number of carbonyl (C=O) groups is 2. The Morgan fingerprint density at radius 2 is 2.14 bits per heavy atom. The van der Waals surface area contributed by atoms with Crippen molar-refractivity contribution in [2.45, 2.75) is 42.5 Å². The standard InChI is InChI=1S/C24H23FN6O3S/c1-3-8-34-19-12-27-17(11-28-19)20(32)29-14-6-7-16(25)15(9-14)23(2)18-10-24(18,35-22(26)31-23)21(33)30-13-4-5-13/h1,6-7,9,11-13,18H,4-5,8,10H2,2H3,(H2,26,31)(H,29,32)(H,30,33)/t18-,23+,24-/m0/s1. The van der Waals surface area contributed by atoms with E-state index < -0.39 is 22.0 Å². The van der Waals surface area contributed by atoms with Gasteiger partial charge in [0, 0.05) is 23.2 Å². The topological polar surface area (TPSA) is 132 Å². The molecule has 2 aliphatic carbocycles. The van der Waals surface area contributed by atoms with Gasteiger partial charge in [-0.25, -0.2) is 14.4 Å². The number of fused-ring (bicyclic) bond motifs is 1. The molecule has 180 valence electrons. The summed E-state index contributed by atoms with van der Waals surface area (Å²) in [6, 6.07) is 4.45. The number of halogens is 1. The van der Waals surface area contributed by atoms with Crippen LogP contribution in [0.3, 0.4) is 0 Å². The van der Waals surface area contributed by atoms with Crippen LogP contribution in [-0.2, 0) is 10.3 Å². The van der Waals surface area contributed by atoms with Crippen LogP contribution >= 0.6 is 11.8 Å². The Morgan fingerprint density at radius 1 is 1.34 bits per heavy atom. The Bertz CT molecular complexity index is 1280. The van der Waals surface area contributed by atoms with Gasteiger partial charge in [0.05, 0.1) is 17.9 Å². The summed E-state index contributed by atoms with van der Waals surface area (Å²) in [5.74, 6) is 1.18. The third-order valence-corrected chi connectivity index (χ3v) is 7.75. The van der Waals surface area contributed by atoms with E-state index >= 15 is 4.39 Å². The fraction of sp³-hybridized carbons (Fsp3) is 0.375. The number of rotatable bonds is 7. The van der Waals surface area contributed by atoms with Crippen LogP contribution in [0.5, 0.6) is 5.88 Å². The number of benzene rings is 1. The molecule has 35 heavy (non-hydrogen) atoms. The van der Waals surface area contributed by atoms with Gasteiger partial charge in [0.25, 0.3) is 5.91 Å². The number of amidine groups is 1. The summed E-state index contributed by atoms with van der Waals surface area (Å²) < 4.78 is 19.5. The number of hydrogen-bond acceptors (Lipinski definition) is 8. The van der Waals surface area contributed by atoms with E-state index in [0.29, 0.717) is 12.1 Å². The van der Waals surface area contributed by atoms with E-state index in [4.69, 9.17) is 16.9 Å². The number of aliphatic imine (C=N–C) groups is 1. The molecule has 3 aliphatic rings. The Labute approximate surface area is 205 Å². The number of carbonyl (C=O) groups excluding carboxylic acids is 2. The van der Waals surface area contributed by atoms with Gasteiger partial charge in [-0.15, -0.1) is 6.42 Å². The Balaban J connectivity index is 1.37. The molecule has 2 fully saturated rings. The van der Waals surface area contributed by atoms with Gasteiger partial charge in [-0.05, 0) is 44.4 Å². The van der Waals surface area contributed by atoms with E-state index in [2.05, 4.69) is 31.5 Å². The Morgan fingerprint density at radius 3 is 2.83 bits per heavy atom. The van der Waals surface area contributed by atoms with Crippen molar-refractivity contribution in [2.75, 3.05) is 11.9 Å². The molecular formula is C24H23FN6O3S. The average Bonchev–Trinajstić information content (AvgIpc) is 3.75. The second-order valence-electron chi connectivity index (χ2n) is 8.97. The van der Waals surface area contributed by atoms with Crippen LogP contribution in [0, 0.1) is 24.1 Å². The number of nitrogens with two attached hydrogens (primary N) is 1. The summed E-state index contributed by atoms with van der Waals surface area (Å²) >= 11 is 1.25. The zero-order chi connectivity index (χ0) is 24.8. The smallest absolute Gasteiger partial charge is 0.275 e. The van der Waals surface area contributed by atoms with Crippen LogP contribution in [0.15, 0.2) is 35.6 Å². The maximum absolute atomic E-state index is 15.1. The molecule has 0 spiro atoms. The summed E-state index contributed by atoms with van der Waals surface area (Å²) in [5.41, 5.74) is 5.72. The van der Waals surface area contributed by atoms with Crippen LogP contribution in [-0.4, -0.2) is 44.3 Å². The van der Waals surface area contributed by atoms with Gasteiger partial charge in [0.1, 0.15) is 16.3 Å². The van der Waals surface area contributed by atoms with E-state index in [0.717, 1.165) is 12.8 Å². The molecule has 0 bridgehead atoms. The number of aromatic nitrogens is 2. The van der Waals surface area contributed by atoms with Crippen LogP contribution in [0.2, 0.25) is 0 Å². The third kappa shape index (κ3) is 4.30. The molecule has 1 aromatic carbocycles. The molecule has 2 aromatic rings. The Hall–Kier alpha value is -3.65. The number of terminal acetylenes is 1. The minimum atomic E-state index is -1.06. The highest BCUT2D eigenvalue weighted by molar-refractivity contribution is 8.15. The molecule has 5 rings (SSSR count). The Kier molecular flexibility index (Phi) is 5.63. The fourth-order valence-corrected chi connectivity index (χ4v) is 5.80. The first-order valence-electron chi connectivity index (χ1n) is 11.1. The summed E-state index contributed by atoms with van der Waals surface area (Å²) in [4.78, 5) is 38.3. The molecule has 2 amide bonds. The minimum absolute atomic E-state index is 0.0351. The van der Waals surface area contributed by atoms with Crippen molar-refractivity contribution in [2.24, 2.45) is 16.6 Å². The quantitative estimate of drug-likeness (QED) is 0.503. The van der Waals surface area contributed by atoms with E-state index in [9.17, 15) is 9.59 Å². The number of anilines is 1. The fourth-order valence-electron chi connectivity index (χ4n) is 4.42. The normalized spacial score (nSPS) is 26.5. The highest BCUT2D eigenvalue weighted by Crippen LogP contribution is 2.66. The predicted octanol–water partition coefficient (Wildman–Crippen LogP) is 2.19. The van der Waals surface area contributed by atoms with Gasteiger partial charge in [-0.1, -0.05) is 17.7 Å². The van der Waals surface area contributed by atoms with Crippen LogP contribution in [0.25, 0.3) is 0 Å². The van der Waals surface area contributed by atoms with Crippen molar-refractivity contribution in [1.29, 1.82) is 0 Å². The van der Waals surface area contributed by atoms with E-state index in [1.807, 2.05) is 0 Å². The lowest BCUT2D eigenvalue weighted by Crippen LogP contribution is -2.44. The first kappa shape index (κ1) is 23.1. The van der Waals surface area contributed by atoms with Gasteiger partial charge in [-0.2, -0.15) is 0 Å². The lowest BCUT2D eigenvalue weighted by atomic mass is 9.85. The molecule has 1 aliphatic heterocycles. The first-order valence-corrected chi connectivity index (χ1v) is 11.9. The number of nitrogens with zero attached hydrogens (tertiary/aromatic N) is 3. The number of amides is 2. The monoisotopic (exact) mass is 494 g/mol. The van der Waals surface area contributed by atoms with Crippen LogP contribution in [0.4, 0.5) is 10.1 Å². The predicted molar refractivity (Wildman–Crippen MR) is 129 cm³/mol. The van der Waals surface area contributed by atoms with E-state index in [1.165, 1.54) is 42.4 Å². The van der Waals surface area contributed by atoms with Crippen molar-refractivity contribution < 1.29 is 18.7 Å². The van der Waals surface area contributed by atoms with Crippen molar-refractivity contribution in [1.82, 2.24) is 15.3 Å². The largest absolute Gasteiger partial charge is 0.463 e. The molecule has 3 atom stereocenters. The molecule has 4 N–H and O–H groups in total. The summed E-state index contributed by atoms with van der Waals surface area (Å²) in [5, 5.41) is 5.99. The highest BCUT2D eigenvalue weighted by Gasteiger charge is 2.70. The number of nitrogens with one attached hydrogen (secondary N) is 2. The number of thioether (sulfide) groups is 1. The number of ether oxygens (including phenoxy) is 1. The van der Waals surface area contributed by atoms with Crippen molar-refractivity contribution >= 4 is 34.4 Å². The molecule has 11 heteroatoms. The van der Waals surface area contributed by atoms with Gasteiger partial charge in [0.2, 0.25) is 11.8 Å². The molecule has 0 radical (unpaired) electrons. The van der Waals surface area contributed by atoms with Crippen LogP contribution < -0.4 is 21.1 Å². The van der Waals surface area contributed by atoms with Crippen LogP contribution in [0.1, 0.15) is 42.2 Å². The average molecular weight is 495 g/mol. The van der Waals surface area contributed by atoms with E-state index in [-0.39, 0.29) is 46.8 Å². The maximum atomic E-state index is 15.1. The maximum Gasteiger partial charge on any atom is 0.275 e. The molecule has 0 unspecified atom stereocenters. The highest BCUT2D eigenvalue weighted by atomic mass is 32.2. The molecule has 2 heterocycles. The third-order valence-electron chi connectivity index (χ3n) is 6.45. The molecule has 1 aromatic heterocycles. The van der Waals surface area contributed by atoms with Crippen molar-refractivity contribution in [3.8, 4) is 18.2 Å². The summed E-state index contributed by atoms with van der Waals surface area (Å²) in [6.45, 7) is 1.81. The molecule has 9 nitrogen and oxygen atoms in total. The van der Waals surface area contributed by atoms with Gasteiger partial charge >= 0.3 is 0 Å². The summed E-state index contributed by atoms with van der Waals surface area (Å²) in [6.07, 6.45) is 10.2. The second-order valence-corrected chi connectivity index (χ2v) is 10.3. The van der Waals surface area contributed by atoms with Gasteiger partial charge in [0.15, 0.2) is 11.8 Å². The lowest BCUT2D eigenvalue weighted by Gasteiger charge is -2.34. The zero-order valence-corrected chi connectivity index (χ0v) is 19.7. The van der Waals surface area contributed by atoms with E-state index in [1.54, 1.807) is 6.92 Å². The van der Waals surface area contributed by atoms with Crippen molar-refractivity contribution in [3.63, 3.8) is 0 Å².